The molecule has 7 unspecified atom stereocenters. The van der Waals surface area contributed by atoms with Crippen molar-refractivity contribution in [3.05, 3.63) is 12.2 Å². The molecule has 1 amide bonds. The maximum absolute atomic E-state index is 11.8. The fourth-order valence-electron chi connectivity index (χ4n) is 6.02. The van der Waals surface area contributed by atoms with Gasteiger partial charge < -0.3 is 5.32 Å². The van der Waals surface area contributed by atoms with E-state index in [1.807, 2.05) is 6.92 Å². The summed E-state index contributed by atoms with van der Waals surface area (Å²) in [4.78, 5) is 11.8. The van der Waals surface area contributed by atoms with E-state index in [1.54, 1.807) is 0 Å². The molecule has 7 atom stereocenters. The molecule has 4 rings (SSSR count). The van der Waals surface area contributed by atoms with Gasteiger partial charge in [0.2, 0.25) is 5.91 Å². The first-order valence-corrected chi connectivity index (χ1v) is 7.61. The molecule has 98 valence electrons. The number of rotatable bonds is 2. The molecule has 0 spiro atoms. The number of amides is 1. The normalized spacial score (nSPS) is 51.5. The van der Waals surface area contributed by atoms with E-state index in [-0.39, 0.29) is 5.91 Å². The Morgan fingerprint density at radius 2 is 1.78 bits per heavy atom. The quantitative estimate of drug-likeness (QED) is 0.588. The van der Waals surface area contributed by atoms with Gasteiger partial charge in [-0.05, 0) is 74.5 Å². The molecule has 4 saturated carbocycles. The zero-order valence-electron chi connectivity index (χ0n) is 11.2. The SMILES string of the molecule is C=C(C)C(=O)NC1CC2CC1C1C3CCC(C3)C21. The van der Waals surface area contributed by atoms with Gasteiger partial charge in [-0.25, -0.2) is 0 Å². The van der Waals surface area contributed by atoms with Gasteiger partial charge in [0.05, 0.1) is 0 Å². The van der Waals surface area contributed by atoms with Gasteiger partial charge in [-0.2, -0.15) is 0 Å². The predicted molar refractivity (Wildman–Crippen MR) is 70.8 cm³/mol. The molecule has 4 fully saturated rings. The monoisotopic (exact) mass is 245 g/mol. The van der Waals surface area contributed by atoms with Crippen LogP contribution in [-0.2, 0) is 4.79 Å². The zero-order valence-corrected chi connectivity index (χ0v) is 11.2. The highest BCUT2D eigenvalue weighted by molar-refractivity contribution is 5.92. The first-order valence-electron chi connectivity index (χ1n) is 7.61. The summed E-state index contributed by atoms with van der Waals surface area (Å²) < 4.78 is 0. The minimum absolute atomic E-state index is 0.0762. The lowest BCUT2D eigenvalue weighted by Gasteiger charge is -2.38. The van der Waals surface area contributed by atoms with Crippen LogP contribution in [-0.4, -0.2) is 11.9 Å². The van der Waals surface area contributed by atoms with Crippen LogP contribution in [0.1, 0.15) is 39.0 Å². The number of fused-ring (bicyclic) bond motifs is 9. The lowest BCUT2D eigenvalue weighted by molar-refractivity contribution is -0.118. The van der Waals surface area contributed by atoms with Gasteiger partial charge in [-0.3, -0.25) is 4.79 Å². The van der Waals surface area contributed by atoms with Gasteiger partial charge in [0, 0.05) is 11.6 Å². The smallest absolute Gasteiger partial charge is 0.246 e. The number of carbonyl (C=O) groups is 1. The Morgan fingerprint density at radius 1 is 1.06 bits per heavy atom. The van der Waals surface area contributed by atoms with E-state index < -0.39 is 0 Å². The largest absolute Gasteiger partial charge is 0.349 e. The Bertz CT molecular complexity index is 415. The summed E-state index contributed by atoms with van der Waals surface area (Å²) in [6, 6.07) is 0.458. The second-order valence-electron chi connectivity index (χ2n) is 7.24. The molecule has 0 heterocycles. The van der Waals surface area contributed by atoms with Gasteiger partial charge in [0.1, 0.15) is 0 Å². The van der Waals surface area contributed by atoms with Crippen molar-refractivity contribution in [3.63, 3.8) is 0 Å². The zero-order chi connectivity index (χ0) is 12.4. The highest BCUT2D eigenvalue weighted by atomic mass is 16.1. The van der Waals surface area contributed by atoms with Crippen molar-refractivity contribution in [2.24, 2.45) is 35.5 Å². The molecule has 0 aromatic heterocycles. The Hall–Kier alpha value is -0.790. The molecule has 4 aliphatic carbocycles. The van der Waals surface area contributed by atoms with Crippen LogP contribution in [0.4, 0.5) is 0 Å². The van der Waals surface area contributed by atoms with Crippen molar-refractivity contribution >= 4 is 5.91 Å². The summed E-state index contributed by atoms with van der Waals surface area (Å²) in [6.07, 6.45) is 7.11. The van der Waals surface area contributed by atoms with Crippen LogP contribution in [0.15, 0.2) is 12.2 Å². The predicted octanol–water partition coefficient (Wildman–Crippen LogP) is 2.75. The maximum atomic E-state index is 11.8. The van der Waals surface area contributed by atoms with Crippen LogP contribution >= 0.6 is 0 Å². The van der Waals surface area contributed by atoms with Gasteiger partial charge in [0.15, 0.2) is 0 Å². The van der Waals surface area contributed by atoms with E-state index in [4.69, 9.17) is 0 Å². The molecule has 0 radical (unpaired) electrons. The van der Waals surface area contributed by atoms with Crippen molar-refractivity contribution in [3.8, 4) is 0 Å². The van der Waals surface area contributed by atoms with Crippen LogP contribution in [0, 0.1) is 35.5 Å². The lowest BCUT2D eigenvalue weighted by atomic mass is 9.69. The van der Waals surface area contributed by atoms with Gasteiger partial charge in [-0.1, -0.05) is 6.58 Å². The fourth-order valence-corrected chi connectivity index (χ4v) is 6.02. The highest BCUT2D eigenvalue weighted by Crippen LogP contribution is 2.67. The van der Waals surface area contributed by atoms with Crippen LogP contribution in [0.3, 0.4) is 0 Å². The van der Waals surface area contributed by atoms with Crippen molar-refractivity contribution < 1.29 is 4.79 Å². The molecule has 2 heteroatoms. The molecule has 4 aliphatic rings. The number of hydrogen-bond donors (Lipinski definition) is 1. The van der Waals surface area contributed by atoms with Crippen molar-refractivity contribution in [1.82, 2.24) is 5.32 Å². The molecular weight excluding hydrogens is 222 g/mol. The minimum Gasteiger partial charge on any atom is -0.349 e. The van der Waals surface area contributed by atoms with E-state index in [0.29, 0.717) is 11.6 Å². The Balaban J connectivity index is 1.52. The average molecular weight is 245 g/mol. The first kappa shape index (κ1) is 11.1. The fraction of sp³-hybridized carbons (Fsp3) is 0.812. The number of carbonyl (C=O) groups excluding carboxylic acids is 1. The Labute approximate surface area is 109 Å². The summed E-state index contributed by atoms with van der Waals surface area (Å²) in [6.45, 7) is 5.56. The lowest BCUT2D eigenvalue weighted by Crippen LogP contribution is -2.45. The van der Waals surface area contributed by atoms with E-state index in [2.05, 4.69) is 11.9 Å². The standard InChI is InChI=1S/C16H23NO/c1-8(2)16(18)17-13-7-11-6-12(13)15-10-4-3-9(5-10)14(11)15/h9-15H,1,3-7H2,2H3,(H,17,18). The maximum Gasteiger partial charge on any atom is 0.246 e. The van der Waals surface area contributed by atoms with Crippen LogP contribution in [0.2, 0.25) is 0 Å². The third kappa shape index (κ3) is 1.32. The molecule has 18 heavy (non-hydrogen) atoms. The third-order valence-electron chi connectivity index (χ3n) is 6.44. The second kappa shape index (κ2) is 3.61. The van der Waals surface area contributed by atoms with E-state index in [0.717, 1.165) is 35.5 Å². The van der Waals surface area contributed by atoms with Gasteiger partial charge in [0.25, 0.3) is 0 Å². The molecule has 0 aromatic carbocycles. The Morgan fingerprint density at radius 3 is 2.50 bits per heavy atom. The van der Waals surface area contributed by atoms with Crippen LogP contribution in [0.25, 0.3) is 0 Å². The molecule has 0 aliphatic heterocycles. The van der Waals surface area contributed by atoms with E-state index >= 15 is 0 Å². The summed E-state index contributed by atoms with van der Waals surface area (Å²) in [5.41, 5.74) is 0.655. The minimum atomic E-state index is 0.0762. The van der Waals surface area contributed by atoms with Gasteiger partial charge >= 0.3 is 0 Å². The average Bonchev–Trinajstić information content (AvgIpc) is 3.06. The molecule has 2 nitrogen and oxygen atoms in total. The highest BCUT2D eigenvalue weighted by Gasteiger charge is 2.62. The van der Waals surface area contributed by atoms with Crippen molar-refractivity contribution in [1.29, 1.82) is 0 Å². The first-order chi connectivity index (χ1) is 8.65. The molecule has 4 bridgehead atoms. The van der Waals surface area contributed by atoms with Crippen LogP contribution < -0.4 is 5.32 Å². The molecule has 0 aromatic rings. The summed E-state index contributed by atoms with van der Waals surface area (Å²) in [7, 11) is 0. The van der Waals surface area contributed by atoms with Crippen molar-refractivity contribution in [2.45, 2.75) is 45.1 Å². The topological polar surface area (TPSA) is 29.1 Å². The third-order valence-corrected chi connectivity index (χ3v) is 6.44. The van der Waals surface area contributed by atoms with Crippen molar-refractivity contribution in [2.75, 3.05) is 0 Å². The van der Waals surface area contributed by atoms with E-state index in [9.17, 15) is 4.79 Å². The summed E-state index contributed by atoms with van der Waals surface area (Å²) >= 11 is 0. The Kier molecular flexibility index (Phi) is 2.22. The molecular formula is C16H23NO. The summed E-state index contributed by atoms with van der Waals surface area (Å²) in [5, 5.41) is 3.24. The van der Waals surface area contributed by atoms with Crippen LogP contribution in [0.5, 0.6) is 0 Å². The second-order valence-corrected chi connectivity index (χ2v) is 7.24. The number of nitrogens with one attached hydrogen (secondary N) is 1. The molecule has 1 N–H and O–H groups in total. The summed E-state index contributed by atoms with van der Waals surface area (Å²) in [5.74, 6) is 5.83. The van der Waals surface area contributed by atoms with Gasteiger partial charge in [-0.15, -0.1) is 0 Å². The number of hydrogen-bond acceptors (Lipinski definition) is 1. The molecule has 0 saturated heterocycles. The van der Waals surface area contributed by atoms with E-state index in [1.165, 1.54) is 32.1 Å².